The van der Waals surface area contributed by atoms with E-state index in [0.29, 0.717) is 0 Å². The predicted octanol–water partition coefficient (Wildman–Crippen LogP) is 5.07. The number of benzene rings is 2. The smallest absolute Gasteiger partial charge is 0.228 e. The van der Waals surface area contributed by atoms with Gasteiger partial charge in [0.05, 0.1) is 11.4 Å². The van der Waals surface area contributed by atoms with E-state index in [4.69, 9.17) is 11.6 Å². The standard InChI is InChI=1S/C21H23ClN2O/c22-18-9-3-2-8-15(18)16-14-17(16)21(25)23-19-10-4-5-11-20(19)24-12-6-1-7-13-24/h2-5,8-11,16-17H,1,6-7,12-14H2,(H,23,25). The normalized spacial score (nSPS) is 22.5. The van der Waals surface area contributed by atoms with Crippen molar-refractivity contribution in [2.45, 2.75) is 31.6 Å². The van der Waals surface area contributed by atoms with Gasteiger partial charge < -0.3 is 10.2 Å². The van der Waals surface area contributed by atoms with Crippen LogP contribution in [0.5, 0.6) is 0 Å². The second-order valence-corrected chi connectivity index (χ2v) is 7.43. The molecule has 2 aromatic rings. The van der Waals surface area contributed by atoms with Crippen LogP contribution in [0.3, 0.4) is 0 Å². The van der Waals surface area contributed by atoms with Gasteiger partial charge in [-0.05, 0) is 55.4 Å². The molecule has 1 saturated carbocycles. The SMILES string of the molecule is O=C(Nc1ccccc1N1CCCCC1)C1CC1c1ccccc1Cl. The molecule has 2 aromatic carbocycles. The fraction of sp³-hybridized carbons (Fsp3) is 0.381. The Balaban J connectivity index is 1.46. The summed E-state index contributed by atoms with van der Waals surface area (Å²) in [7, 11) is 0. The summed E-state index contributed by atoms with van der Waals surface area (Å²) in [6, 6.07) is 16.0. The first-order valence-corrected chi connectivity index (χ1v) is 9.51. The number of rotatable bonds is 4. The summed E-state index contributed by atoms with van der Waals surface area (Å²) in [6.07, 6.45) is 4.62. The van der Waals surface area contributed by atoms with Crippen LogP contribution in [-0.2, 0) is 4.79 Å². The molecule has 1 saturated heterocycles. The molecule has 0 radical (unpaired) electrons. The number of halogens is 1. The summed E-state index contributed by atoms with van der Waals surface area (Å²) in [6.45, 7) is 2.14. The molecule has 2 unspecified atom stereocenters. The zero-order valence-electron chi connectivity index (χ0n) is 14.2. The van der Waals surface area contributed by atoms with Gasteiger partial charge in [0.25, 0.3) is 0 Å². The molecule has 3 nitrogen and oxygen atoms in total. The Bertz CT molecular complexity index is 770. The van der Waals surface area contributed by atoms with Crippen LogP contribution in [0, 0.1) is 5.92 Å². The summed E-state index contributed by atoms with van der Waals surface area (Å²) in [5.41, 5.74) is 3.17. The lowest BCUT2D eigenvalue weighted by atomic mass is 10.1. The number of piperidine rings is 1. The van der Waals surface area contributed by atoms with E-state index in [9.17, 15) is 4.79 Å². The van der Waals surface area contributed by atoms with Gasteiger partial charge in [-0.15, -0.1) is 0 Å². The van der Waals surface area contributed by atoms with Gasteiger partial charge in [-0.1, -0.05) is 41.9 Å². The van der Waals surface area contributed by atoms with Gasteiger partial charge in [-0.25, -0.2) is 0 Å². The number of anilines is 2. The summed E-state index contributed by atoms with van der Waals surface area (Å²) in [5, 5.41) is 3.93. The molecule has 25 heavy (non-hydrogen) atoms. The Kier molecular flexibility index (Phi) is 4.67. The maximum Gasteiger partial charge on any atom is 0.228 e. The van der Waals surface area contributed by atoms with Gasteiger partial charge in [0.2, 0.25) is 5.91 Å². The van der Waals surface area contributed by atoms with Crippen molar-refractivity contribution in [3.05, 3.63) is 59.1 Å². The first-order chi connectivity index (χ1) is 12.2. The Morgan fingerprint density at radius 1 is 1.00 bits per heavy atom. The zero-order chi connectivity index (χ0) is 17.2. The summed E-state index contributed by atoms with van der Waals surface area (Å²) >= 11 is 6.28. The summed E-state index contributed by atoms with van der Waals surface area (Å²) < 4.78 is 0. The lowest BCUT2D eigenvalue weighted by Crippen LogP contribution is -2.30. The predicted molar refractivity (Wildman–Crippen MR) is 103 cm³/mol. The van der Waals surface area contributed by atoms with Crippen molar-refractivity contribution in [2.75, 3.05) is 23.3 Å². The van der Waals surface area contributed by atoms with Crippen molar-refractivity contribution in [1.29, 1.82) is 0 Å². The molecule has 1 amide bonds. The highest BCUT2D eigenvalue weighted by Gasteiger charge is 2.44. The molecule has 2 atom stereocenters. The van der Waals surface area contributed by atoms with Crippen molar-refractivity contribution < 1.29 is 4.79 Å². The maximum absolute atomic E-state index is 12.7. The van der Waals surface area contributed by atoms with E-state index in [2.05, 4.69) is 16.3 Å². The number of carbonyl (C=O) groups is 1. The number of amides is 1. The topological polar surface area (TPSA) is 32.3 Å². The summed E-state index contributed by atoms with van der Waals surface area (Å²) in [5.74, 6) is 0.375. The number of para-hydroxylation sites is 2. The minimum absolute atomic E-state index is 0.0225. The average Bonchev–Trinajstić information content (AvgIpc) is 3.44. The largest absolute Gasteiger partial charge is 0.370 e. The molecule has 1 N–H and O–H groups in total. The molecular formula is C21H23ClN2O. The minimum Gasteiger partial charge on any atom is -0.370 e. The molecular weight excluding hydrogens is 332 g/mol. The molecule has 2 fully saturated rings. The highest BCUT2D eigenvalue weighted by molar-refractivity contribution is 6.31. The molecule has 2 aliphatic rings. The third-order valence-electron chi connectivity index (χ3n) is 5.29. The van der Waals surface area contributed by atoms with Crippen molar-refractivity contribution >= 4 is 28.9 Å². The monoisotopic (exact) mass is 354 g/mol. The summed E-state index contributed by atoms with van der Waals surface area (Å²) in [4.78, 5) is 15.1. The number of nitrogens with zero attached hydrogens (tertiary/aromatic N) is 1. The number of carbonyl (C=O) groups excluding carboxylic acids is 1. The van der Waals surface area contributed by atoms with E-state index >= 15 is 0 Å². The van der Waals surface area contributed by atoms with E-state index in [1.165, 1.54) is 19.3 Å². The quantitative estimate of drug-likeness (QED) is 0.831. The molecule has 4 heteroatoms. The van der Waals surface area contributed by atoms with Crippen LogP contribution in [0.15, 0.2) is 48.5 Å². The van der Waals surface area contributed by atoms with Crippen LogP contribution >= 0.6 is 11.6 Å². The van der Waals surface area contributed by atoms with Gasteiger partial charge in [0.1, 0.15) is 0 Å². The van der Waals surface area contributed by atoms with Gasteiger partial charge in [-0.2, -0.15) is 0 Å². The highest BCUT2D eigenvalue weighted by atomic mass is 35.5. The van der Waals surface area contributed by atoms with Crippen LogP contribution in [0.4, 0.5) is 11.4 Å². The Morgan fingerprint density at radius 2 is 1.72 bits per heavy atom. The highest BCUT2D eigenvalue weighted by Crippen LogP contribution is 2.50. The molecule has 0 spiro atoms. The fourth-order valence-electron chi connectivity index (χ4n) is 3.82. The minimum atomic E-state index is 0.0225. The molecule has 1 heterocycles. The number of hydrogen-bond acceptors (Lipinski definition) is 2. The Hall–Kier alpha value is -2.00. The average molecular weight is 355 g/mol. The van der Waals surface area contributed by atoms with Gasteiger partial charge in [0.15, 0.2) is 0 Å². The first-order valence-electron chi connectivity index (χ1n) is 9.13. The third-order valence-corrected chi connectivity index (χ3v) is 5.63. The fourth-order valence-corrected chi connectivity index (χ4v) is 4.10. The van der Waals surface area contributed by atoms with Crippen molar-refractivity contribution in [3.8, 4) is 0 Å². The Labute approximate surface area is 154 Å². The van der Waals surface area contributed by atoms with E-state index in [1.54, 1.807) is 0 Å². The second kappa shape index (κ2) is 7.09. The van der Waals surface area contributed by atoms with Crippen LogP contribution in [0.1, 0.15) is 37.2 Å². The molecule has 0 bridgehead atoms. The van der Waals surface area contributed by atoms with Crippen LogP contribution in [0.25, 0.3) is 0 Å². The van der Waals surface area contributed by atoms with Crippen LogP contribution in [-0.4, -0.2) is 19.0 Å². The molecule has 0 aromatic heterocycles. The Morgan fingerprint density at radius 3 is 2.52 bits per heavy atom. The third kappa shape index (κ3) is 3.52. The molecule has 1 aliphatic carbocycles. The van der Waals surface area contributed by atoms with Crippen molar-refractivity contribution in [1.82, 2.24) is 0 Å². The van der Waals surface area contributed by atoms with E-state index in [-0.39, 0.29) is 17.7 Å². The van der Waals surface area contributed by atoms with Gasteiger partial charge in [0, 0.05) is 24.0 Å². The van der Waals surface area contributed by atoms with Gasteiger partial charge in [-0.3, -0.25) is 4.79 Å². The first kappa shape index (κ1) is 16.5. The molecule has 1 aliphatic heterocycles. The van der Waals surface area contributed by atoms with Crippen LogP contribution in [0.2, 0.25) is 5.02 Å². The lowest BCUT2D eigenvalue weighted by molar-refractivity contribution is -0.117. The van der Waals surface area contributed by atoms with E-state index in [1.807, 2.05) is 42.5 Å². The van der Waals surface area contributed by atoms with Crippen molar-refractivity contribution in [2.24, 2.45) is 5.92 Å². The van der Waals surface area contributed by atoms with Crippen LogP contribution < -0.4 is 10.2 Å². The number of nitrogens with one attached hydrogen (secondary N) is 1. The van der Waals surface area contributed by atoms with E-state index < -0.39 is 0 Å². The van der Waals surface area contributed by atoms with E-state index in [0.717, 1.165) is 41.5 Å². The lowest BCUT2D eigenvalue weighted by Gasteiger charge is -2.30. The second-order valence-electron chi connectivity index (χ2n) is 7.02. The zero-order valence-corrected chi connectivity index (χ0v) is 15.0. The maximum atomic E-state index is 12.7. The number of hydrogen-bond donors (Lipinski definition) is 1. The molecule has 130 valence electrons. The van der Waals surface area contributed by atoms with Gasteiger partial charge >= 0.3 is 0 Å². The molecule has 4 rings (SSSR count). The van der Waals surface area contributed by atoms with Crippen molar-refractivity contribution in [3.63, 3.8) is 0 Å².